The predicted molar refractivity (Wildman–Crippen MR) is 77.5 cm³/mol. The lowest BCUT2D eigenvalue weighted by atomic mass is 10.1. The van der Waals surface area contributed by atoms with E-state index in [0.29, 0.717) is 6.54 Å². The number of benzene rings is 1. The summed E-state index contributed by atoms with van der Waals surface area (Å²) in [6, 6.07) is 7.76. The Morgan fingerprint density at radius 3 is 2.58 bits per heavy atom. The van der Waals surface area contributed by atoms with Gasteiger partial charge in [0.1, 0.15) is 0 Å². The summed E-state index contributed by atoms with van der Waals surface area (Å²) in [5.74, 6) is 0. The van der Waals surface area contributed by atoms with Gasteiger partial charge in [0.2, 0.25) is 10.0 Å². The minimum absolute atomic E-state index is 0.187. The third-order valence-corrected chi connectivity index (χ3v) is 5.57. The molecule has 0 amide bonds. The van der Waals surface area contributed by atoms with E-state index in [0.717, 1.165) is 24.9 Å². The molecule has 4 nitrogen and oxygen atoms in total. The van der Waals surface area contributed by atoms with Gasteiger partial charge in [0.15, 0.2) is 0 Å². The lowest BCUT2D eigenvalue weighted by molar-refractivity contribution is 0.485. The Kier molecular flexibility index (Phi) is 4.60. The van der Waals surface area contributed by atoms with Gasteiger partial charge >= 0.3 is 0 Å². The van der Waals surface area contributed by atoms with Crippen LogP contribution in [-0.4, -0.2) is 26.8 Å². The minimum atomic E-state index is -3.25. The summed E-state index contributed by atoms with van der Waals surface area (Å²) in [7, 11) is -3.25. The van der Waals surface area contributed by atoms with Gasteiger partial charge in [0.25, 0.3) is 0 Å². The van der Waals surface area contributed by atoms with Gasteiger partial charge in [-0.3, -0.25) is 0 Å². The maximum atomic E-state index is 12.3. The van der Waals surface area contributed by atoms with Crippen molar-refractivity contribution in [2.24, 2.45) is 0 Å². The molecule has 0 saturated carbocycles. The number of hydrogen-bond acceptors (Lipinski definition) is 3. The van der Waals surface area contributed by atoms with E-state index in [9.17, 15) is 8.42 Å². The van der Waals surface area contributed by atoms with Crippen molar-refractivity contribution in [3.8, 4) is 0 Å². The molecule has 1 aliphatic heterocycles. The average Bonchev–Trinajstić information content (AvgIpc) is 2.40. The second-order valence-electron chi connectivity index (χ2n) is 5.26. The fraction of sp³-hybridized carbons (Fsp3) is 0.571. The third-order valence-electron chi connectivity index (χ3n) is 3.61. The maximum Gasteiger partial charge on any atom is 0.216 e. The van der Waals surface area contributed by atoms with E-state index in [1.807, 2.05) is 38.1 Å². The Bertz CT molecular complexity index is 505. The summed E-state index contributed by atoms with van der Waals surface area (Å²) in [4.78, 5) is 0. The van der Waals surface area contributed by atoms with Gasteiger partial charge in [-0.25, -0.2) is 13.1 Å². The van der Waals surface area contributed by atoms with Crippen molar-refractivity contribution in [2.75, 3.05) is 13.1 Å². The molecule has 1 aliphatic rings. The van der Waals surface area contributed by atoms with Gasteiger partial charge in [-0.15, -0.1) is 0 Å². The van der Waals surface area contributed by atoms with Crippen molar-refractivity contribution >= 4 is 10.0 Å². The molecule has 2 atom stereocenters. The van der Waals surface area contributed by atoms with Crippen molar-refractivity contribution in [1.82, 2.24) is 10.0 Å². The molecule has 19 heavy (non-hydrogen) atoms. The van der Waals surface area contributed by atoms with Gasteiger partial charge in [0.05, 0.1) is 5.25 Å². The highest BCUT2D eigenvalue weighted by molar-refractivity contribution is 7.90. The molecule has 0 radical (unpaired) electrons. The van der Waals surface area contributed by atoms with Crippen molar-refractivity contribution in [2.45, 2.75) is 38.0 Å². The Balaban J connectivity index is 2.04. The fourth-order valence-corrected chi connectivity index (χ4v) is 3.99. The van der Waals surface area contributed by atoms with Gasteiger partial charge < -0.3 is 5.32 Å². The molecule has 0 aromatic heterocycles. The summed E-state index contributed by atoms with van der Waals surface area (Å²) in [6.07, 6.45) is 1.66. The molecule has 1 fully saturated rings. The van der Waals surface area contributed by atoms with Crippen LogP contribution in [0.15, 0.2) is 24.3 Å². The van der Waals surface area contributed by atoms with Crippen molar-refractivity contribution in [1.29, 1.82) is 0 Å². The van der Waals surface area contributed by atoms with E-state index in [4.69, 9.17) is 0 Å². The van der Waals surface area contributed by atoms with Crippen molar-refractivity contribution < 1.29 is 8.42 Å². The van der Waals surface area contributed by atoms with Crippen LogP contribution < -0.4 is 10.0 Å². The van der Waals surface area contributed by atoms with E-state index >= 15 is 0 Å². The first-order valence-corrected chi connectivity index (χ1v) is 8.32. The lowest BCUT2D eigenvalue weighted by Gasteiger charge is -2.25. The molecular formula is C14H22N2O2S. The van der Waals surface area contributed by atoms with Gasteiger partial charge in [-0.1, -0.05) is 29.8 Å². The quantitative estimate of drug-likeness (QED) is 0.884. The van der Waals surface area contributed by atoms with Crippen LogP contribution >= 0.6 is 0 Å². The highest BCUT2D eigenvalue weighted by atomic mass is 32.2. The van der Waals surface area contributed by atoms with Crippen LogP contribution in [0.5, 0.6) is 0 Å². The Labute approximate surface area is 115 Å². The summed E-state index contributed by atoms with van der Waals surface area (Å²) < 4.78 is 27.4. The van der Waals surface area contributed by atoms with E-state index in [1.54, 1.807) is 0 Å². The van der Waals surface area contributed by atoms with E-state index in [2.05, 4.69) is 10.0 Å². The SMILES string of the molecule is Cc1ccc(C(C)NS(=O)(=O)C2CCCNC2)cc1. The second-order valence-corrected chi connectivity index (χ2v) is 7.26. The molecule has 0 spiro atoms. The Morgan fingerprint density at radius 1 is 1.32 bits per heavy atom. The number of aryl methyl sites for hydroxylation is 1. The van der Waals surface area contributed by atoms with Crippen LogP contribution in [0.25, 0.3) is 0 Å². The molecule has 0 aliphatic carbocycles. The van der Waals surface area contributed by atoms with Crippen LogP contribution in [-0.2, 0) is 10.0 Å². The van der Waals surface area contributed by atoms with E-state index in [-0.39, 0.29) is 11.3 Å². The van der Waals surface area contributed by atoms with Crippen molar-refractivity contribution in [3.05, 3.63) is 35.4 Å². The predicted octanol–water partition coefficient (Wildman–Crippen LogP) is 1.73. The first kappa shape index (κ1) is 14.5. The minimum Gasteiger partial charge on any atom is -0.315 e. The Hall–Kier alpha value is -0.910. The summed E-state index contributed by atoms with van der Waals surface area (Å²) in [5.41, 5.74) is 2.17. The van der Waals surface area contributed by atoms with Crippen LogP contribution in [0.1, 0.15) is 36.9 Å². The molecule has 2 N–H and O–H groups in total. The molecule has 2 rings (SSSR count). The van der Waals surface area contributed by atoms with Crippen LogP contribution in [0.4, 0.5) is 0 Å². The zero-order valence-corrected chi connectivity index (χ0v) is 12.3. The van der Waals surface area contributed by atoms with E-state index in [1.165, 1.54) is 5.56 Å². The highest BCUT2D eigenvalue weighted by Crippen LogP contribution is 2.17. The van der Waals surface area contributed by atoms with Crippen LogP contribution in [0.2, 0.25) is 0 Å². The molecule has 1 saturated heterocycles. The Morgan fingerprint density at radius 2 is 2.00 bits per heavy atom. The van der Waals surface area contributed by atoms with Crippen molar-refractivity contribution in [3.63, 3.8) is 0 Å². The number of nitrogens with one attached hydrogen (secondary N) is 2. The molecule has 2 unspecified atom stereocenters. The topological polar surface area (TPSA) is 58.2 Å². The highest BCUT2D eigenvalue weighted by Gasteiger charge is 2.28. The average molecular weight is 282 g/mol. The second kappa shape index (κ2) is 6.03. The lowest BCUT2D eigenvalue weighted by Crippen LogP contribution is -2.44. The largest absolute Gasteiger partial charge is 0.315 e. The zero-order chi connectivity index (χ0) is 13.9. The van der Waals surface area contributed by atoms with Crippen LogP contribution in [0, 0.1) is 6.92 Å². The number of piperidine rings is 1. The summed E-state index contributed by atoms with van der Waals surface area (Å²) in [5, 5.41) is 2.83. The molecular weight excluding hydrogens is 260 g/mol. The fourth-order valence-electron chi connectivity index (χ4n) is 2.35. The number of sulfonamides is 1. The van der Waals surface area contributed by atoms with Gasteiger partial charge in [0, 0.05) is 12.6 Å². The third kappa shape index (κ3) is 3.78. The van der Waals surface area contributed by atoms with Gasteiger partial charge in [-0.2, -0.15) is 0 Å². The maximum absolute atomic E-state index is 12.3. The first-order valence-electron chi connectivity index (χ1n) is 6.77. The summed E-state index contributed by atoms with van der Waals surface area (Å²) >= 11 is 0. The number of rotatable bonds is 4. The molecule has 0 bridgehead atoms. The summed E-state index contributed by atoms with van der Waals surface area (Å²) in [6.45, 7) is 5.38. The normalized spacial score (nSPS) is 22.1. The molecule has 5 heteroatoms. The first-order chi connectivity index (χ1) is 8.99. The zero-order valence-electron chi connectivity index (χ0n) is 11.5. The molecule has 1 aromatic carbocycles. The van der Waals surface area contributed by atoms with Crippen LogP contribution in [0.3, 0.4) is 0 Å². The van der Waals surface area contributed by atoms with E-state index < -0.39 is 10.0 Å². The monoisotopic (exact) mass is 282 g/mol. The van der Waals surface area contributed by atoms with Gasteiger partial charge in [-0.05, 0) is 38.8 Å². The molecule has 1 heterocycles. The standard InChI is InChI=1S/C14H22N2O2S/c1-11-5-7-13(8-6-11)12(2)16-19(17,18)14-4-3-9-15-10-14/h5-8,12,14-16H,3-4,9-10H2,1-2H3. The smallest absolute Gasteiger partial charge is 0.216 e. The molecule has 1 aromatic rings. The molecule has 106 valence electrons. The number of hydrogen-bond donors (Lipinski definition) is 2.